The molecule has 1 amide bonds. The summed E-state index contributed by atoms with van der Waals surface area (Å²) in [5.41, 5.74) is 0.706. The number of carbonyl (C=O) groups excluding carboxylic acids is 2. The third-order valence-corrected chi connectivity index (χ3v) is 3.42. The smallest absolute Gasteiger partial charge is 0.333 e. The number of hydrogen-bond acceptors (Lipinski definition) is 3. The second kappa shape index (κ2) is 8.04. The first kappa shape index (κ1) is 16.7. The summed E-state index contributed by atoms with van der Waals surface area (Å²) in [6.07, 6.45) is 1.20. The van der Waals surface area contributed by atoms with Gasteiger partial charge in [-0.3, -0.25) is 4.79 Å². The van der Waals surface area contributed by atoms with Crippen molar-refractivity contribution in [2.75, 3.05) is 7.11 Å². The van der Waals surface area contributed by atoms with E-state index in [-0.39, 0.29) is 5.91 Å². The van der Waals surface area contributed by atoms with Gasteiger partial charge in [-0.15, -0.1) is 0 Å². The summed E-state index contributed by atoms with van der Waals surface area (Å²) in [4.78, 5) is 23.7. The first-order valence-electron chi connectivity index (χ1n) is 6.56. The number of carbonyl (C=O) groups is 2. The highest BCUT2D eigenvalue weighted by molar-refractivity contribution is 9.10. The Morgan fingerprint density at radius 3 is 2.35 bits per heavy atom. The van der Waals surface area contributed by atoms with Crippen LogP contribution < -0.4 is 5.32 Å². The fourth-order valence-electron chi connectivity index (χ4n) is 1.70. The Morgan fingerprint density at radius 1 is 1.25 bits per heavy atom. The second-order valence-electron chi connectivity index (χ2n) is 5.01. The Morgan fingerprint density at radius 2 is 1.85 bits per heavy atom. The number of halogens is 1. The summed E-state index contributed by atoms with van der Waals surface area (Å²) in [6.45, 7) is 4.11. The molecule has 1 aromatic rings. The summed E-state index contributed by atoms with van der Waals surface area (Å²) in [5.74, 6) is -0.160. The van der Waals surface area contributed by atoms with Crippen molar-refractivity contribution in [3.8, 4) is 0 Å². The zero-order valence-corrected chi connectivity index (χ0v) is 13.6. The molecule has 0 spiro atoms. The third-order valence-electron chi connectivity index (χ3n) is 2.89. The first-order valence-corrected chi connectivity index (χ1v) is 7.36. The van der Waals surface area contributed by atoms with Crippen LogP contribution in [-0.4, -0.2) is 19.0 Å². The van der Waals surface area contributed by atoms with Crippen molar-refractivity contribution in [2.24, 2.45) is 5.92 Å². The highest BCUT2D eigenvalue weighted by Crippen LogP contribution is 2.18. The van der Waals surface area contributed by atoms with Gasteiger partial charge in [-0.05, 0) is 30.0 Å². The number of amides is 1. The molecule has 0 saturated carbocycles. The van der Waals surface area contributed by atoms with Gasteiger partial charge in [-0.2, -0.15) is 0 Å². The predicted octanol–water partition coefficient (Wildman–Crippen LogP) is 3.22. The Hall–Kier alpha value is -1.36. The minimum absolute atomic E-state index is 0.142. The van der Waals surface area contributed by atoms with Crippen LogP contribution in [0.15, 0.2) is 28.7 Å². The quantitative estimate of drug-likeness (QED) is 0.808. The molecular weight excluding hydrogens is 322 g/mol. The summed E-state index contributed by atoms with van der Waals surface area (Å²) in [7, 11) is 1.31. The first-order chi connectivity index (χ1) is 9.43. The molecule has 0 aliphatic heterocycles. The summed E-state index contributed by atoms with van der Waals surface area (Å²) < 4.78 is 5.67. The van der Waals surface area contributed by atoms with Gasteiger partial charge in [0.2, 0.25) is 5.91 Å². The molecule has 0 heterocycles. The van der Waals surface area contributed by atoms with E-state index in [1.54, 1.807) is 12.1 Å². The van der Waals surface area contributed by atoms with Crippen LogP contribution in [0.3, 0.4) is 0 Å². The molecule has 5 heteroatoms. The Balaban J connectivity index is 2.77. The average Bonchev–Trinajstić information content (AvgIpc) is 2.43. The van der Waals surface area contributed by atoms with Crippen LogP contribution in [-0.2, 0) is 14.3 Å². The molecule has 0 aromatic heterocycles. The molecule has 20 heavy (non-hydrogen) atoms. The van der Waals surface area contributed by atoms with Gasteiger partial charge in [0.15, 0.2) is 6.04 Å². The molecule has 0 saturated heterocycles. The minimum atomic E-state index is -0.757. The number of esters is 1. The van der Waals surface area contributed by atoms with Gasteiger partial charge < -0.3 is 10.1 Å². The van der Waals surface area contributed by atoms with E-state index in [9.17, 15) is 9.59 Å². The monoisotopic (exact) mass is 341 g/mol. The van der Waals surface area contributed by atoms with Crippen LogP contribution in [0.25, 0.3) is 0 Å². The number of hydrogen-bond donors (Lipinski definition) is 1. The van der Waals surface area contributed by atoms with Crippen LogP contribution in [0.5, 0.6) is 0 Å². The zero-order valence-electron chi connectivity index (χ0n) is 12.0. The van der Waals surface area contributed by atoms with Crippen molar-refractivity contribution < 1.29 is 14.3 Å². The second-order valence-corrected chi connectivity index (χ2v) is 5.92. The normalized spacial score (nSPS) is 12.1. The van der Waals surface area contributed by atoms with E-state index in [1.807, 2.05) is 12.1 Å². The Bertz CT molecular complexity index is 457. The molecule has 1 atom stereocenters. The molecule has 110 valence electrons. The number of benzene rings is 1. The summed E-state index contributed by atoms with van der Waals surface area (Å²) in [6, 6.07) is 6.47. The lowest BCUT2D eigenvalue weighted by Crippen LogP contribution is -2.34. The molecule has 4 nitrogen and oxygen atoms in total. The molecule has 1 unspecified atom stereocenters. The maximum atomic E-state index is 11.9. The van der Waals surface area contributed by atoms with Crippen molar-refractivity contribution in [3.63, 3.8) is 0 Å². The van der Waals surface area contributed by atoms with E-state index in [4.69, 9.17) is 4.74 Å². The van der Waals surface area contributed by atoms with Gasteiger partial charge in [-0.1, -0.05) is 41.9 Å². The van der Waals surface area contributed by atoms with E-state index >= 15 is 0 Å². The van der Waals surface area contributed by atoms with Crippen molar-refractivity contribution in [1.82, 2.24) is 5.32 Å². The maximum absolute atomic E-state index is 11.9. The highest BCUT2D eigenvalue weighted by atomic mass is 79.9. The molecule has 1 aromatic carbocycles. The lowest BCUT2D eigenvalue weighted by molar-refractivity contribution is -0.145. The van der Waals surface area contributed by atoms with E-state index in [2.05, 4.69) is 35.1 Å². The van der Waals surface area contributed by atoms with Crippen LogP contribution in [0.4, 0.5) is 0 Å². The molecule has 0 bridgehead atoms. The van der Waals surface area contributed by atoms with Crippen LogP contribution >= 0.6 is 15.9 Å². The topological polar surface area (TPSA) is 55.4 Å². The van der Waals surface area contributed by atoms with Gasteiger partial charge in [0, 0.05) is 10.9 Å². The largest absolute Gasteiger partial charge is 0.467 e. The van der Waals surface area contributed by atoms with E-state index in [0.29, 0.717) is 17.9 Å². The van der Waals surface area contributed by atoms with E-state index < -0.39 is 12.0 Å². The molecule has 0 fully saturated rings. The van der Waals surface area contributed by atoms with Gasteiger partial charge in [-0.25, -0.2) is 4.79 Å². The molecular formula is C15H20BrNO3. The van der Waals surface area contributed by atoms with E-state index in [0.717, 1.165) is 10.9 Å². The van der Waals surface area contributed by atoms with Gasteiger partial charge in [0.1, 0.15) is 0 Å². The molecule has 0 aliphatic carbocycles. The van der Waals surface area contributed by atoms with Gasteiger partial charge in [0.05, 0.1) is 7.11 Å². The van der Waals surface area contributed by atoms with Crippen LogP contribution in [0.1, 0.15) is 38.3 Å². The molecule has 0 aliphatic rings. The lowest BCUT2D eigenvalue weighted by Gasteiger charge is -2.17. The summed E-state index contributed by atoms with van der Waals surface area (Å²) in [5, 5.41) is 2.73. The van der Waals surface area contributed by atoms with E-state index in [1.165, 1.54) is 7.11 Å². The fourth-order valence-corrected chi connectivity index (χ4v) is 1.97. The lowest BCUT2D eigenvalue weighted by atomic mass is 10.1. The Kier molecular flexibility index (Phi) is 6.71. The highest BCUT2D eigenvalue weighted by Gasteiger charge is 2.23. The van der Waals surface area contributed by atoms with Gasteiger partial charge in [0.25, 0.3) is 0 Å². The van der Waals surface area contributed by atoms with Crippen LogP contribution in [0, 0.1) is 5.92 Å². The molecule has 1 rings (SSSR count). The fraction of sp³-hybridized carbons (Fsp3) is 0.467. The van der Waals surface area contributed by atoms with Crippen molar-refractivity contribution in [3.05, 3.63) is 34.3 Å². The molecule has 0 radical (unpaired) electrons. The number of ether oxygens (including phenoxy) is 1. The van der Waals surface area contributed by atoms with Gasteiger partial charge >= 0.3 is 5.97 Å². The standard InChI is InChI=1S/C15H20BrNO3/c1-10(2)4-9-13(18)17-14(15(19)20-3)11-5-7-12(16)8-6-11/h5-8,10,14H,4,9H2,1-3H3,(H,17,18). The third kappa shape index (κ3) is 5.33. The number of nitrogens with one attached hydrogen (secondary N) is 1. The minimum Gasteiger partial charge on any atom is -0.467 e. The predicted molar refractivity (Wildman–Crippen MR) is 81.1 cm³/mol. The number of methoxy groups -OCH3 is 1. The van der Waals surface area contributed by atoms with Crippen molar-refractivity contribution >= 4 is 27.8 Å². The molecule has 1 N–H and O–H groups in total. The van der Waals surface area contributed by atoms with Crippen molar-refractivity contribution in [2.45, 2.75) is 32.7 Å². The van der Waals surface area contributed by atoms with Crippen molar-refractivity contribution in [1.29, 1.82) is 0 Å². The van der Waals surface area contributed by atoms with Crippen LogP contribution in [0.2, 0.25) is 0 Å². The zero-order chi connectivity index (χ0) is 15.1. The average molecular weight is 342 g/mol. The maximum Gasteiger partial charge on any atom is 0.333 e. The Labute approximate surface area is 128 Å². The summed E-state index contributed by atoms with van der Waals surface area (Å²) >= 11 is 3.34. The number of rotatable bonds is 6. The SMILES string of the molecule is COC(=O)C(NC(=O)CCC(C)C)c1ccc(Br)cc1.